The quantitative estimate of drug-likeness (QED) is 0.0925. The molecule has 8 nitrogen and oxygen atoms in total. The van der Waals surface area contributed by atoms with Crippen molar-refractivity contribution in [1.29, 1.82) is 0 Å². The third-order valence-corrected chi connectivity index (χ3v) is 7.42. The van der Waals surface area contributed by atoms with Crippen molar-refractivity contribution < 1.29 is 37.6 Å². The Morgan fingerprint density at radius 1 is 0.744 bits per heavy atom. The molecular formula is C30H51NO7P+. The SMILES string of the molecule is CCCCCCCCCCCCOc1ccc2cc(OCC(O)COP(=O)(O)OCC[N+](C)(C)C)ccc2c1. The molecule has 0 saturated carbocycles. The van der Waals surface area contributed by atoms with Crippen LogP contribution in [-0.4, -0.2) is 74.7 Å². The molecule has 2 aromatic carbocycles. The molecule has 0 bridgehead atoms. The molecule has 2 atom stereocenters. The zero-order valence-corrected chi connectivity index (χ0v) is 25.4. The molecule has 222 valence electrons. The zero-order chi connectivity index (χ0) is 28.6. The van der Waals surface area contributed by atoms with Crippen LogP contribution < -0.4 is 9.47 Å². The number of phosphoric ester groups is 1. The van der Waals surface area contributed by atoms with Crippen molar-refractivity contribution in [3.8, 4) is 11.5 Å². The number of benzene rings is 2. The number of rotatable bonds is 22. The van der Waals surface area contributed by atoms with Crippen LogP contribution in [0.2, 0.25) is 0 Å². The maximum absolute atomic E-state index is 12.0. The highest BCUT2D eigenvalue weighted by atomic mass is 31.2. The summed E-state index contributed by atoms with van der Waals surface area (Å²) in [4.78, 5) is 9.77. The van der Waals surface area contributed by atoms with Crippen LogP contribution >= 0.6 is 7.82 Å². The highest BCUT2D eigenvalue weighted by Gasteiger charge is 2.24. The number of aliphatic hydroxyl groups is 1. The summed E-state index contributed by atoms with van der Waals surface area (Å²) < 4.78 is 34.0. The van der Waals surface area contributed by atoms with Crippen LogP contribution in [0.15, 0.2) is 36.4 Å². The molecule has 0 aliphatic carbocycles. The van der Waals surface area contributed by atoms with Gasteiger partial charge in [-0.25, -0.2) is 4.57 Å². The first kappa shape index (κ1) is 33.5. The Balaban J connectivity index is 1.65. The number of fused-ring (bicyclic) bond motifs is 1. The lowest BCUT2D eigenvalue weighted by molar-refractivity contribution is -0.870. The van der Waals surface area contributed by atoms with E-state index < -0.39 is 13.9 Å². The van der Waals surface area contributed by atoms with E-state index in [1.54, 1.807) is 0 Å². The lowest BCUT2D eigenvalue weighted by atomic mass is 10.1. The number of phosphoric acid groups is 1. The Morgan fingerprint density at radius 2 is 1.28 bits per heavy atom. The van der Waals surface area contributed by atoms with Gasteiger partial charge in [-0.2, -0.15) is 0 Å². The van der Waals surface area contributed by atoms with E-state index in [0.717, 1.165) is 29.5 Å². The smallest absolute Gasteiger partial charge is 0.472 e. The van der Waals surface area contributed by atoms with Crippen molar-refractivity contribution in [2.45, 2.75) is 77.2 Å². The molecule has 0 amide bonds. The van der Waals surface area contributed by atoms with E-state index in [9.17, 15) is 14.6 Å². The van der Waals surface area contributed by atoms with Gasteiger partial charge in [-0.1, -0.05) is 76.8 Å². The van der Waals surface area contributed by atoms with Gasteiger partial charge in [-0.15, -0.1) is 0 Å². The van der Waals surface area contributed by atoms with Crippen LogP contribution in [0.5, 0.6) is 11.5 Å². The highest BCUT2D eigenvalue weighted by Crippen LogP contribution is 2.43. The number of quaternary nitrogens is 1. The Labute approximate surface area is 235 Å². The van der Waals surface area contributed by atoms with E-state index in [0.29, 0.717) is 16.8 Å². The largest absolute Gasteiger partial charge is 0.494 e. The molecule has 2 unspecified atom stereocenters. The summed E-state index contributed by atoms with van der Waals surface area (Å²) in [6.45, 7) is 3.16. The second kappa shape index (κ2) is 17.9. The fourth-order valence-electron chi connectivity index (χ4n) is 4.05. The van der Waals surface area contributed by atoms with Gasteiger partial charge in [0, 0.05) is 0 Å². The highest BCUT2D eigenvalue weighted by molar-refractivity contribution is 7.47. The summed E-state index contributed by atoms with van der Waals surface area (Å²) in [6, 6.07) is 11.6. The molecule has 0 spiro atoms. The second-order valence-corrected chi connectivity index (χ2v) is 12.7. The lowest BCUT2D eigenvalue weighted by Crippen LogP contribution is -2.37. The minimum absolute atomic E-state index is 0.0764. The molecule has 2 rings (SSSR count). The second-order valence-electron chi connectivity index (χ2n) is 11.3. The fourth-order valence-corrected chi connectivity index (χ4v) is 4.80. The Hall–Kier alpha value is -1.67. The number of aliphatic hydroxyl groups excluding tert-OH is 1. The van der Waals surface area contributed by atoms with Gasteiger partial charge >= 0.3 is 7.82 Å². The maximum atomic E-state index is 12.0. The molecule has 0 aromatic heterocycles. The van der Waals surface area contributed by atoms with Gasteiger partial charge in [0.1, 0.15) is 37.4 Å². The summed E-state index contributed by atoms with van der Waals surface area (Å²) in [5.74, 6) is 1.45. The molecule has 9 heteroatoms. The molecule has 0 aliphatic heterocycles. The summed E-state index contributed by atoms with van der Waals surface area (Å²) in [5, 5.41) is 12.2. The Kier molecular flexibility index (Phi) is 15.4. The van der Waals surface area contributed by atoms with Gasteiger partial charge in [0.05, 0.1) is 34.4 Å². The summed E-state index contributed by atoms with van der Waals surface area (Å²) in [5.41, 5.74) is 0. The van der Waals surface area contributed by atoms with E-state index in [1.807, 2.05) is 57.5 Å². The standard InChI is InChI=1S/C30H50NO7P/c1-5-6-7-8-9-10-11-12-13-14-20-35-29-17-15-27-23-30(18-16-26(27)22-29)36-24-28(32)25-38-39(33,34)37-21-19-31(2,3)4/h15-18,22-23,28,32H,5-14,19-21,24-25H2,1-4H3/p+1. The van der Waals surface area contributed by atoms with Crippen LogP contribution in [0.25, 0.3) is 10.8 Å². The number of nitrogens with zero attached hydrogens (tertiary/aromatic N) is 1. The fraction of sp³-hybridized carbons (Fsp3) is 0.667. The normalized spacial score (nSPS) is 14.3. The predicted octanol–water partition coefficient (Wildman–Crippen LogP) is 6.72. The van der Waals surface area contributed by atoms with Crippen molar-refractivity contribution in [2.75, 3.05) is 54.1 Å². The molecule has 39 heavy (non-hydrogen) atoms. The van der Waals surface area contributed by atoms with Crippen molar-refractivity contribution in [3.05, 3.63) is 36.4 Å². The number of unbranched alkanes of at least 4 members (excludes halogenated alkanes) is 9. The number of hydrogen-bond acceptors (Lipinski definition) is 6. The Morgan fingerprint density at radius 3 is 1.85 bits per heavy atom. The molecule has 0 saturated heterocycles. The van der Waals surface area contributed by atoms with Crippen LogP contribution in [0, 0.1) is 0 Å². The molecule has 0 radical (unpaired) electrons. The van der Waals surface area contributed by atoms with E-state index >= 15 is 0 Å². The number of likely N-dealkylation sites (N-methyl/N-ethyl adjacent to an activating group) is 1. The monoisotopic (exact) mass is 568 g/mol. The van der Waals surface area contributed by atoms with Crippen LogP contribution in [0.1, 0.15) is 71.1 Å². The van der Waals surface area contributed by atoms with Gasteiger partial charge in [-0.3, -0.25) is 9.05 Å². The van der Waals surface area contributed by atoms with Crippen molar-refractivity contribution in [1.82, 2.24) is 0 Å². The molecule has 2 N–H and O–H groups in total. The molecular weight excluding hydrogens is 517 g/mol. The van der Waals surface area contributed by atoms with Crippen LogP contribution in [0.4, 0.5) is 0 Å². The van der Waals surface area contributed by atoms with Gasteiger partial charge < -0.3 is 24.0 Å². The molecule has 0 heterocycles. The number of hydrogen-bond donors (Lipinski definition) is 2. The summed E-state index contributed by atoms with van der Waals surface area (Å²) in [6.07, 6.45) is 12.0. The third kappa shape index (κ3) is 15.6. The number of ether oxygens (including phenoxy) is 2. The van der Waals surface area contributed by atoms with Crippen molar-refractivity contribution in [3.63, 3.8) is 0 Å². The van der Waals surface area contributed by atoms with Crippen LogP contribution in [-0.2, 0) is 13.6 Å². The first-order valence-corrected chi connectivity index (χ1v) is 16.0. The predicted molar refractivity (Wildman–Crippen MR) is 157 cm³/mol. The Bertz CT molecular complexity index is 995. The van der Waals surface area contributed by atoms with Crippen molar-refractivity contribution in [2.24, 2.45) is 0 Å². The average molecular weight is 569 g/mol. The van der Waals surface area contributed by atoms with E-state index in [1.165, 1.54) is 57.8 Å². The van der Waals surface area contributed by atoms with Gasteiger partial charge in [0.2, 0.25) is 0 Å². The van der Waals surface area contributed by atoms with Gasteiger partial charge in [0.25, 0.3) is 0 Å². The van der Waals surface area contributed by atoms with E-state index in [-0.39, 0.29) is 19.8 Å². The molecule has 0 aliphatic rings. The minimum Gasteiger partial charge on any atom is -0.494 e. The minimum atomic E-state index is -4.22. The summed E-state index contributed by atoms with van der Waals surface area (Å²) in [7, 11) is 1.63. The van der Waals surface area contributed by atoms with Crippen LogP contribution in [0.3, 0.4) is 0 Å². The topological polar surface area (TPSA) is 94.5 Å². The van der Waals surface area contributed by atoms with Gasteiger partial charge in [0.15, 0.2) is 0 Å². The zero-order valence-electron chi connectivity index (χ0n) is 24.5. The molecule has 2 aromatic rings. The third-order valence-electron chi connectivity index (χ3n) is 6.44. The first-order valence-electron chi connectivity index (χ1n) is 14.5. The average Bonchev–Trinajstić information content (AvgIpc) is 2.88. The van der Waals surface area contributed by atoms with E-state index in [4.69, 9.17) is 18.5 Å². The summed E-state index contributed by atoms with van der Waals surface area (Å²) >= 11 is 0. The molecule has 0 fully saturated rings. The maximum Gasteiger partial charge on any atom is 0.472 e. The van der Waals surface area contributed by atoms with Crippen molar-refractivity contribution >= 4 is 18.6 Å². The lowest BCUT2D eigenvalue weighted by Gasteiger charge is -2.24. The van der Waals surface area contributed by atoms with E-state index in [2.05, 4.69) is 6.92 Å². The van der Waals surface area contributed by atoms with Gasteiger partial charge in [-0.05, 0) is 41.5 Å². The first-order chi connectivity index (χ1) is 18.6.